The van der Waals surface area contributed by atoms with Gasteiger partial charge in [-0.3, -0.25) is 0 Å². The predicted molar refractivity (Wildman–Crippen MR) is 73.0 cm³/mol. The molecule has 0 aliphatic carbocycles. The van der Waals surface area contributed by atoms with Crippen molar-refractivity contribution < 1.29 is 14.6 Å². The molecule has 2 aromatic carbocycles. The molecule has 0 atom stereocenters. The zero-order chi connectivity index (χ0) is 13.2. The largest absolute Gasteiger partial charge is 0.506 e. The number of halogens is 1. The summed E-state index contributed by atoms with van der Waals surface area (Å²) in [5, 5.41) is 12.9. The van der Waals surface area contributed by atoms with E-state index in [1.54, 1.807) is 18.2 Å². The lowest BCUT2D eigenvalue weighted by molar-refractivity contribution is 0.174. The first-order chi connectivity index (χ1) is 9.22. The number of ether oxygens (including phenoxy) is 2. The first-order valence-electron chi connectivity index (χ1n) is 5.83. The van der Waals surface area contributed by atoms with E-state index in [9.17, 15) is 5.11 Å². The molecule has 0 saturated heterocycles. The second-order valence-electron chi connectivity index (χ2n) is 4.21. The molecule has 1 aliphatic heterocycles. The number of aromatic hydroxyl groups is 1. The van der Waals surface area contributed by atoms with Gasteiger partial charge in [-0.1, -0.05) is 17.7 Å². The Hall–Kier alpha value is -2.07. The number of hydrogen-bond donors (Lipinski definition) is 2. The topological polar surface area (TPSA) is 50.7 Å². The molecule has 0 amide bonds. The fraction of sp³-hybridized carbons (Fsp3) is 0.143. The van der Waals surface area contributed by atoms with Gasteiger partial charge in [0, 0.05) is 12.2 Å². The lowest BCUT2D eigenvalue weighted by atomic mass is 10.2. The molecule has 0 bridgehead atoms. The Morgan fingerprint density at radius 3 is 2.79 bits per heavy atom. The van der Waals surface area contributed by atoms with Gasteiger partial charge < -0.3 is 19.9 Å². The van der Waals surface area contributed by atoms with Gasteiger partial charge in [-0.15, -0.1) is 0 Å². The number of phenols is 1. The van der Waals surface area contributed by atoms with E-state index in [0.29, 0.717) is 11.6 Å². The highest BCUT2D eigenvalue weighted by atomic mass is 35.5. The lowest BCUT2D eigenvalue weighted by Gasteiger charge is -2.08. The van der Waals surface area contributed by atoms with Gasteiger partial charge in [0.1, 0.15) is 5.75 Å². The second-order valence-corrected chi connectivity index (χ2v) is 4.61. The monoisotopic (exact) mass is 277 g/mol. The smallest absolute Gasteiger partial charge is 0.231 e. The number of hydrogen-bond acceptors (Lipinski definition) is 4. The molecule has 0 radical (unpaired) electrons. The molecule has 2 aromatic rings. The highest BCUT2D eigenvalue weighted by Crippen LogP contribution is 2.33. The Labute approximate surface area is 115 Å². The number of nitrogens with one attached hydrogen (secondary N) is 1. The van der Waals surface area contributed by atoms with Crippen molar-refractivity contribution in [2.75, 3.05) is 12.1 Å². The van der Waals surface area contributed by atoms with Crippen LogP contribution in [0.2, 0.25) is 5.02 Å². The van der Waals surface area contributed by atoms with Crippen molar-refractivity contribution in [3.05, 3.63) is 47.0 Å². The van der Waals surface area contributed by atoms with Crippen LogP contribution in [-0.2, 0) is 6.54 Å². The van der Waals surface area contributed by atoms with Crippen molar-refractivity contribution in [2.45, 2.75) is 6.54 Å². The van der Waals surface area contributed by atoms with Gasteiger partial charge in [-0.25, -0.2) is 0 Å². The Morgan fingerprint density at radius 1 is 1.11 bits per heavy atom. The van der Waals surface area contributed by atoms with E-state index in [1.165, 1.54) is 0 Å². The number of benzene rings is 2. The van der Waals surface area contributed by atoms with Gasteiger partial charge in [0.05, 0.1) is 5.02 Å². The normalized spacial score (nSPS) is 12.5. The minimum absolute atomic E-state index is 0.0790. The van der Waals surface area contributed by atoms with Gasteiger partial charge >= 0.3 is 0 Å². The minimum atomic E-state index is 0.0790. The van der Waals surface area contributed by atoms with Crippen LogP contribution in [0.25, 0.3) is 0 Å². The molecule has 0 aromatic heterocycles. The van der Waals surface area contributed by atoms with E-state index in [2.05, 4.69) is 5.32 Å². The van der Waals surface area contributed by atoms with Crippen LogP contribution < -0.4 is 14.8 Å². The van der Waals surface area contributed by atoms with Crippen LogP contribution in [0.4, 0.5) is 5.69 Å². The standard InChI is InChI=1S/C14H12ClNO3/c15-11-6-10(2-3-12(11)17)16-7-9-1-4-13-14(5-9)19-8-18-13/h1-6,16-17H,7-8H2. The maximum absolute atomic E-state index is 9.34. The summed E-state index contributed by atoms with van der Waals surface area (Å²) in [5.74, 6) is 1.62. The second kappa shape index (κ2) is 4.90. The molecule has 0 unspecified atom stereocenters. The van der Waals surface area contributed by atoms with Gasteiger partial charge in [0.2, 0.25) is 6.79 Å². The van der Waals surface area contributed by atoms with Crippen LogP contribution in [0.5, 0.6) is 17.2 Å². The zero-order valence-electron chi connectivity index (χ0n) is 10.0. The molecule has 1 heterocycles. The first kappa shape index (κ1) is 12.0. The molecule has 0 spiro atoms. The summed E-state index contributed by atoms with van der Waals surface area (Å²) in [7, 11) is 0. The third-order valence-corrected chi connectivity index (χ3v) is 3.18. The van der Waals surface area contributed by atoms with Crippen LogP contribution in [0.15, 0.2) is 36.4 Å². The van der Waals surface area contributed by atoms with E-state index in [4.69, 9.17) is 21.1 Å². The summed E-state index contributed by atoms with van der Waals surface area (Å²) in [6.07, 6.45) is 0. The molecule has 98 valence electrons. The molecule has 3 rings (SSSR count). The molecule has 5 heteroatoms. The van der Waals surface area contributed by atoms with E-state index in [0.717, 1.165) is 22.7 Å². The van der Waals surface area contributed by atoms with Crippen LogP contribution in [0.3, 0.4) is 0 Å². The van der Waals surface area contributed by atoms with Gasteiger partial charge in [0.15, 0.2) is 11.5 Å². The van der Waals surface area contributed by atoms with Crippen molar-refractivity contribution in [1.82, 2.24) is 0 Å². The first-order valence-corrected chi connectivity index (χ1v) is 6.21. The average Bonchev–Trinajstić information content (AvgIpc) is 2.87. The molecular weight excluding hydrogens is 266 g/mol. The maximum atomic E-state index is 9.34. The van der Waals surface area contributed by atoms with Gasteiger partial charge in [-0.05, 0) is 35.9 Å². The third-order valence-electron chi connectivity index (χ3n) is 2.88. The molecular formula is C14H12ClNO3. The van der Waals surface area contributed by atoms with Gasteiger partial charge in [-0.2, -0.15) is 0 Å². The molecule has 4 nitrogen and oxygen atoms in total. The van der Waals surface area contributed by atoms with Crippen molar-refractivity contribution in [2.24, 2.45) is 0 Å². The predicted octanol–water partition coefficient (Wildman–Crippen LogP) is 3.39. The summed E-state index contributed by atoms with van der Waals surface area (Å²) < 4.78 is 10.6. The molecule has 19 heavy (non-hydrogen) atoms. The van der Waals surface area contributed by atoms with Crippen molar-refractivity contribution in [3.63, 3.8) is 0 Å². The minimum Gasteiger partial charge on any atom is -0.506 e. The Bertz CT molecular complexity index is 616. The number of rotatable bonds is 3. The number of fused-ring (bicyclic) bond motifs is 1. The number of phenolic OH excluding ortho intramolecular Hbond substituents is 1. The van der Waals surface area contributed by atoms with E-state index in [-0.39, 0.29) is 12.5 Å². The van der Waals surface area contributed by atoms with E-state index in [1.807, 2.05) is 18.2 Å². The fourth-order valence-corrected chi connectivity index (χ4v) is 2.05. The Kier molecular flexibility index (Phi) is 3.09. The van der Waals surface area contributed by atoms with Crippen LogP contribution in [0.1, 0.15) is 5.56 Å². The summed E-state index contributed by atoms with van der Waals surface area (Å²) >= 11 is 5.85. The summed E-state index contributed by atoms with van der Waals surface area (Å²) in [5.41, 5.74) is 1.92. The summed E-state index contributed by atoms with van der Waals surface area (Å²) in [6, 6.07) is 10.8. The van der Waals surface area contributed by atoms with Crippen molar-refractivity contribution in [1.29, 1.82) is 0 Å². The van der Waals surface area contributed by atoms with Crippen LogP contribution >= 0.6 is 11.6 Å². The van der Waals surface area contributed by atoms with E-state index < -0.39 is 0 Å². The molecule has 0 fully saturated rings. The maximum Gasteiger partial charge on any atom is 0.231 e. The van der Waals surface area contributed by atoms with Crippen LogP contribution in [0, 0.1) is 0 Å². The SMILES string of the molecule is Oc1ccc(NCc2ccc3c(c2)OCO3)cc1Cl. The third kappa shape index (κ3) is 2.53. The van der Waals surface area contributed by atoms with Crippen molar-refractivity contribution in [3.8, 4) is 17.2 Å². The van der Waals surface area contributed by atoms with Crippen molar-refractivity contribution >= 4 is 17.3 Å². The highest BCUT2D eigenvalue weighted by molar-refractivity contribution is 6.32. The average molecular weight is 278 g/mol. The number of anilines is 1. The molecule has 2 N–H and O–H groups in total. The fourth-order valence-electron chi connectivity index (χ4n) is 1.87. The van der Waals surface area contributed by atoms with Gasteiger partial charge in [0.25, 0.3) is 0 Å². The summed E-state index contributed by atoms with van der Waals surface area (Å²) in [6.45, 7) is 0.914. The molecule has 0 saturated carbocycles. The lowest BCUT2D eigenvalue weighted by Crippen LogP contribution is -1.99. The highest BCUT2D eigenvalue weighted by Gasteiger charge is 2.12. The van der Waals surface area contributed by atoms with Crippen LogP contribution in [-0.4, -0.2) is 11.9 Å². The molecule has 1 aliphatic rings. The van der Waals surface area contributed by atoms with E-state index >= 15 is 0 Å². The Balaban J connectivity index is 1.70. The Morgan fingerprint density at radius 2 is 1.95 bits per heavy atom. The zero-order valence-corrected chi connectivity index (χ0v) is 10.8. The quantitative estimate of drug-likeness (QED) is 0.845. The summed E-state index contributed by atoms with van der Waals surface area (Å²) in [4.78, 5) is 0.